The Hall–Kier alpha value is -0.390. The SMILES string of the molecule is CCCC1CC(C)(O)CC(C)C1Nc1nc(Cl)ncc1Br. The summed E-state index contributed by atoms with van der Waals surface area (Å²) >= 11 is 9.35. The molecule has 21 heavy (non-hydrogen) atoms. The Kier molecular flexibility index (Phi) is 5.49. The van der Waals surface area contributed by atoms with Crippen LogP contribution >= 0.6 is 27.5 Å². The van der Waals surface area contributed by atoms with Gasteiger partial charge in [-0.25, -0.2) is 4.98 Å². The van der Waals surface area contributed by atoms with Crippen molar-refractivity contribution in [1.29, 1.82) is 0 Å². The number of nitrogens with one attached hydrogen (secondary N) is 1. The quantitative estimate of drug-likeness (QED) is 0.770. The summed E-state index contributed by atoms with van der Waals surface area (Å²) in [6, 6.07) is 0.285. The van der Waals surface area contributed by atoms with Crippen LogP contribution < -0.4 is 5.32 Å². The molecule has 0 saturated heterocycles. The number of halogens is 2. The number of rotatable bonds is 4. The highest BCUT2D eigenvalue weighted by Crippen LogP contribution is 2.40. The van der Waals surface area contributed by atoms with Crippen LogP contribution in [0.2, 0.25) is 5.28 Å². The average molecular weight is 377 g/mol. The monoisotopic (exact) mass is 375 g/mol. The minimum absolute atomic E-state index is 0.239. The van der Waals surface area contributed by atoms with E-state index in [1.54, 1.807) is 6.20 Å². The van der Waals surface area contributed by atoms with Crippen LogP contribution in [0.5, 0.6) is 0 Å². The fourth-order valence-corrected chi connectivity index (χ4v) is 4.02. The second kappa shape index (κ2) is 6.80. The molecule has 6 heteroatoms. The van der Waals surface area contributed by atoms with Crippen molar-refractivity contribution in [1.82, 2.24) is 9.97 Å². The first-order chi connectivity index (χ1) is 9.82. The highest BCUT2D eigenvalue weighted by molar-refractivity contribution is 9.10. The molecule has 0 amide bonds. The molecule has 0 spiro atoms. The third-order valence-corrected chi connectivity index (χ3v) is 5.02. The molecule has 0 aromatic carbocycles. The number of anilines is 1. The average Bonchev–Trinajstić information content (AvgIpc) is 2.37. The van der Waals surface area contributed by atoms with E-state index in [9.17, 15) is 5.11 Å². The lowest BCUT2D eigenvalue weighted by Gasteiger charge is -2.44. The molecule has 1 aromatic rings. The molecule has 0 radical (unpaired) electrons. The van der Waals surface area contributed by atoms with Crippen molar-refractivity contribution < 1.29 is 5.11 Å². The van der Waals surface area contributed by atoms with Gasteiger partial charge >= 0.3 is 0 Å². The molecular formula is C15H23BrClN3O. The van der Waals surface area contributed by atoms with Crippen molar-refractivity contribution in [3.05, 3.63) is 16.0 Å². The largest absolute Gasteiger partial charge is 0.390 e. The number of hydrogen-bond donors (Lipinski definition) is 2. The number of nitrogens with zero attached hydrogens (tertiary/aromatic N) is 2. The molecule has 4 unspecified atom stereocenters. The van der Waals surface area contributed by atoms with E-state index in [-0.39, 0.29) is 11.3 Å². The van der Waals surface area contributed by atoms with Crippen LogP contribution in [0.1, 0.15) is 46.5 Å². The van der Waals surface area contributed by atoms with Crippen LogP contribution in [-0.4, -0.2) is 26.7 Å². The minimum Gasteiger partial charge on any atom is -0.390 e. The third kappa shape index (κ3) is 4.30. The minimum atomic E-state index is -0.571. The molecule has 1 aliphatic carbocycles. The van der Waals surface area contributed by atoms with Gasteiger partial charge in [-0.05, 0) is 65.6 Å². The Bertz CT molecular complexity index is 498. The Morgan fingerprint density at radius 1 is 1.52 bits per heavy atom. The van der Waals surface area contributed by atoms with Crippen LogP contribution in [0, 0.1) is 11.8 Å². The van der Waals surface area contributed by atoms with Crippen LogP contribution in [0.4, 0.5) is 5.82 Å². The fourth-order valence-electron chi connectivity index (χ4n) is 3.58. The smallest absolute Gasteiger partial charge is 0.224 e. The first-order valence-electron chi connectivity index (χ1n) is 7.49. The first kappa shape index (κ1) is 17.0. The van der Waals surface area contributed by atoms with Crippen molar-refractivity contribution in [2.75, 3.05) is 5.32 Å². The van der Waals surface area contributed by atoms with E-state index in [2.05, 4.69) is 45.1 Å². The van der Waals surface area contributed by atoms with Gasteiger partial charge in [-0.1, -0.05) is 20.3 Å². The maximum atomic E-state index is 10.4. The van der Waals surface area contributed by atoms with Crippen molar-refractivity contribution >= 4 is 33.3 Å². The Morgan fingerprint density at radius 2 is 2.24 bits per heavy atom. The van der Waals surface area contributed by atoms with Gasteiger partial charge in [0.15, 0.2) is 0 Å². The standard InChI is InChI=1S/C15H23BrClN3O/c1-4-5-10-7-15(3,21)6-9(2)12(10)19-13-11(16)8-18-14(17)20-13/h8-10,12,21H,4-7H2,1-3H3,(H,18,19,20). The first-order valence-corrected chi connectivity index (χ1v) is 8.66. The van der Waals surface area contributed by atoms with Crippen LogP contribution in [0.3, 0.4) is 0 Å². The van der Waals surface area contributed by atoms with Gasteiger partial charge in [-0.15, -0.1) is 0 Å². The predicted octanol–water partition coefficient (Wildman–Crippen LogP) is 4.27. The summed E-state index contributed by atoms with van der Waals surface area (Å²) in [4.78, 5) is 8.22. The molecule has 0 aliphatic heterocycles. The van der Waals surface area contributed by atoms with Crippen molar-refractivity contribution in [3.63, 3.8) is 0 Å². The van der Waals surface area contributed by atoms with E-state index in [1.165, 1.54) is 0 Å². The lowest BCUT2D eigenvalue weighted by molar-refractivity contribution is -0.0254. The van der Waals surface area contributed by atoms with E-state index in [4.69, 9.17) is 11.6 Å². The van der Waals surface area contributed by atoms with E-state index in [1.807, 2.05) is 6.92 Å². The zero-order chi connectivity index (χ0) is 15.6. The summed E-state index contributed by atoms with van der Waals surface area (Å²) in [5.74, 6) is 1.52. The maximum absolute atomic E-state index is 10.4. The van der Waals surface area contributed by atoms with E-state index in [0.717, 1.165) is 36.0 Å². The molecule has 1 aromatic heterocycles. The summed E-state index contributed by atoms with van der Waals surface area (Å²) in [6.07, 6.45) is 5.47. The van der Waals surface area contributed by atoms with Gasteiger partial charge in [0.1, 0.15) is 5.82 Å². The zero-order valence-corrected chi connectivity index (χ0v) is 15.1. The topological polar surface area (TPSA) is 58.0 Å². The third-order valence-electron chi connectivity index (χ3n) is 4.26. The van der Waals surface area contributed by atoms with E-state index in [0.29, 0.717) is 11.8 Å². The molecule has 1 heterocycles. The number of aliphatic hydroxyl groups is 1. The molecule has 1 fully saturated rings. The lowest BCUT2D eigenvalue weighted by atomic mass is 9.69. The number of hydrogen-bond acceptors (Lipinski definition) is 4. The van der Waals surface area contributed by atoms with Gasteiger partial charge in [0.25, 0.3) is 0 Å². The summed E-state index contributed by atoms with van der Waals surface area (Å²) < 4.78 is 0.812. The van der Waals surface area contributed by atoms with Gasteiger partial charge in [0.05, 0.1) is 10.1 Å². The highest BCUT2D eigenvalue weighted by Gasteiger charge is 2.40. The fraction of sp³-hybridized carbons (Fsp3) is 0.733. The number of aromatic nitrogens is 2. The molecule has 4 atom stereocenters. The van der Waals surface area contributed by atoms with Gasteiger partial charge < -0.3 is 10.4 Å². The molecule has 1 saturated carbocycles. The molecule has 118 valence electrons. The van der Waals surface area contributed by atoms with Crippen LogP contribution in [0.25, 0.3) is 0 Å². The zero-order valence-electron chi connectivity index (χ0n) is 12.7. The van der Waals surface area contributed by atoms with E-state index < -0.39 is 5.60 Å². The van der Waals surface area contributed by atoms with E-state index >= 15 is 0 Å². The van der Waals surface area contributed by atoms with Gasteiger partial charge in [-0.2, -0.15) is 4.98 Å². The highest BCUT2D eigenvalue weighted by atomic mass is 79.9. The van der Waals surface area contributed by atoms with Crippen molar-refractivity contribution in [3.8, 4) is 0 Å². The molecule has 2 rings (SSSR count). The van der Waals surface area contributed by atoms with Crippen LogP contribution in [0.15, 0.2) is 10.7 Å². The summed E-state index contributed by atoms with van der Waals surface area (Å²) in [5, 5.41) is 14.2. The summed E-state index contributed by atoms with van der Waals surface area (Å²) in [6.45, 7) is 6.31. The Morgan fingerprint density at radius 3 is 2.90 bits per heavy atom. The lowest BCUT2D eigenvalue weighted by Crippen LogP contribution is -2.48. The maximum Gasteiger partial charge on any atom is 0.224 e. The Balaban J connectivity index is 2.21. The van der Waals surface area contributed by atoms with Crippen molar-refractivity contribution in [2.45, 2.75) is 58.1 Å². The molecular weight excluding hydrogens is 354 g/mol. The normalized spacial score (nSPS) is 33.0. The summed E-state index contributed by atoms with van der Waals surface area (Å²) in [5.41, 5.74) is -0.571. The van der Waals surface area contributed by atoms with Gasteiger partial charge in [-0.3, -0.25) is 0 Å². The van der Waals surface area contributed by atoms with Gasteiger partial charge in [0, 0.05) is 12.2 Å². The predicted molar refractivity (Wildman–Crippen MR) is 89.6 cm³/mol. The van der Waals surface area contributed by atoms with Crippen molar-refractivity contribution in [2.24, 2.45) is 11.8 Å². The second-order valence-corrected chi connectivity index (χ2v) is 7.63. The van der Waals surface area contributed by atoms with Gasteiger partial charge in [0.2, 0.25) is 5.28 Å². The Labute approximate surface area is 139 Å². The summed E-state index contributed by atoms with van der Waals surface area (Å²) in [7, 11) is 0. The molecule has 4 nitrogen and oxygen atoms in total. The molecule has 0 bridgehead atoms. The molecule has 1 aliphatic rings. The molecule has 2 N–H and O–H groups in total. The van der Waals surface area contributed by atoms with Crippen LogP contribution in [-0.2, 0) is 0 Å². The second-order valence-electron chi connectivity index (χ2n) is 6.44.